The fourth-order valence-corrected chi connectivity index (χ4v) is 4.65. The highest BCUT2D eigenvalue weighted by Gasteiger charge is 2.48. The summed E-state index contributed by atoms with van der Waals surface area (Å²) in [5.74, 6) is 3.03. The van der Waals surface area contributed by atoms with Gasteiger partial charge in [0.1, 0.15) is 17.3 Å². The molecular formula is C25H25N3O4. The topological polar surface area (TPSA) is 73.8 Å². The van der Waals surface area contributed by atoms with Gasteiger partial charge < -0.3 is 19.1 Å². The fraction of sp³-hybridized carbons (Fsp3) is 0.320. The number of carbonyl (C=O) groups is 1. The number of likely N-dealkylation sites (tertiary alicyclic amines) is 1. The third kappa shape index (κ3) is 3.75. The van der Waals surface area contributed by atoms with Gasteiger partial charge in [0.05, 0.1) is 26.4 Å². The van der Waals surface area contributed by atoms with Gasteiger partial charge in [-0.3, -0.25) is 4.79 Å². The molecule has 0 N–H and O–H groups in total. The number of fused-ring (bicyclic) bond motifs is 3. The average molecular weight is 431 g/mol. The summed E-state index contributed by atoms with van der Waals surface area (Å²) in [5, 5.41) is 0. The standard InChI is InChI=1S/C25H25N3O4/c1-16-26-12-11-23(27-16)32-14-18-13-28(25(29)17-7-9-19(30-2)10-8-17)24-20-5-3-4-6-22(20)31-15-21(18)24/h3-12,18,21,24H,13-15H2,1-2H3/t18-,21-,24-/m0/s1. The van der Waals surface area contributed by atoms with Crippen LogP contribution in [0.5, 0.6) is 17.4 Å². The lowest BCUT2D eigenvalue weighted by Crippen LogP contribution is -2.35. The number of benzene rings is 2. The van der Waals surface area contributed by atoms with Crippen LogP contribution in [0.3, 0.4) is 0 Å². The van der Waals surface area contributed by atoms with Crippen molar-refractivity contribution in [1.29, 1.82) is 0 Å². The Balaban J connectivity index is 1.43. The second kappa shape index (κ2) is 8.49. The van der Waals surface area contributed by atoms with E-state index in [-0.39, 0.29) is 23.8 Å². The Morgan fingerprint density at radius 2 is 1.97 bits per heavy atom. The summed E-state index contributed by atoms with van der Waals surface area (Å²) in [6, 6.07) is 16.9. The van der Waals surface area contributed by atoms with Crippen molar-refractivity contribution in [3.05, 3.63) is 77.7 Å². The number of rotatable bonds is 5. The Morgan fingerprint density at radius 3 is 2.75 bits per heavy atom. The molecular weight excluding hydrogens is 406 g/mol. The van der Waals surface area contributed by atoms with Gasteiger partial charge in [0.25, 0.3) is 5.91 Å². The molecule has 3 aromatic rings. The van der Waals surface area contributed by atoms with Crippen molar-refractivity contribution in [1.82, 2.24) is 14.9 Å². The minimum Gasteiger partial charge on any atom is -0.497 e. The van der Waals surface area contributed by atoms with E-state index in [1.54, 1.807) is 19.4 Å². The number of aromatic nitrogens is 2. The lowest BCUT2D eigenvalue weighted by atomic mass is 9.85. The maximum absolute atomic E-state index is 13.6. The Labute approximate surface area is 187 Å². The molecule has 3 heterocycles. The second-order valence-electron chi connectivity index (χ2n) is 8.16. The molecule has 0 spiro atoms. The molecule has 7 nitrogen and oxygen atoms in total. The SMILES string of the molecule is COc1ccc(C(=O)N2C[C@@H](COc3ccnc(C)n3)[C@@H]3COc4ccccc4[C@@H]32)cc1. The molecule has 32 heavy (non-hydrogen) atoms. The molecule has 0 radical (unpaired) electrons. The zero-order valence-electron chi connectivity index (χ0n) is 18.1. The maximum Gasteiger partial charge on any atom is 0.254 e. The molecule has 1 fully saturated rings. The summed E-state index contributed by atoms with van der Waals surface area (Å²) < 4.78 is 17.3. The molecule has 7 heteroatoms. The van der Waals surface area contributed by atoms with Gasteiger partial charge in [-0.2, -0.15) is 4.98 Å². The van der Waals surface area contributed by atoms with E-state index in [2.05, 4.69) is 16.0 Å². The van der Waals surface area contributed by atoms with E-state index in [9.17, 15) is 4.79 Å². The number of carbonyl (C=O) groups excluding carboxylic acids is 1. The molecule has 2 aliphatic heterocycles. The van der Waals surface area contributed by atoms with Gasteiger partial charge in [-0.25, -0.2) is 4.98 Å². The molecule has 1 amide bonds. The molecule has 3 atom stereocenters. The Morgan fingerprint density at radius 1 is 1.16 bits per heavy atom. The molecule has 5 rings (SSSR count). The lowest BCUT2D eigenvalue weighted by Gasteiger charge is -2.34. The number of amides is 1. The molecule has 0 unspecified atom stereocenters. The van der Waals surface area contributed by atoms with Crippen molar-refractivity contribution in [2.24, 2.45) is 11.8 Å². The van der Waals surface area contributed by atoms with Crippen LogP contribution in [0.4, 0.5) is 0 Å². The Bertz CT molecular complexity index is 1120. The van der Waals surface area contributed by atoms with Crippen LogP contribution in [0, 0.1) is 18.8 Å². The van der Waals surface area contributed by atoms with Crippen molar-refractivity contribution < 1.29 is 19.0 Å². The van der Waals surface area contributed by atoms with E-state index in [0.29, 0.717) is 37.0 Å². The molecule has 2 aromatic carbocycles. The molecule has 0 aliphatic carbocycles. The second-order valence-corrected chi connectivity index (χ2v) is 8.16. The van der Waals surface area contributed by atoms with E-state index in [1.165, 1.54) is 0 Å². The predicted octanol–water partition coefficient (Wildman–Crippen LogP) is 3.69. The monoisotopic (exact) mass is 431 g/mol. The van der Waals surface area contributed by atoms with Crippen LogP contribution >= 0.6 is 0 Å². The van der Waals surface area contributed by atoms with Gasteiger partial charge in [0, 0.05) is 41.8 Å². The zero-order valence-corrected chi connectivity index (χ0v) is 18.1. The first-order chi connectivity index (χ1) is 15.6. The summed E-state index contributed by atoms with van der Waals surface area (Å²) in [6.07, 6.45) is 1.69. The average Bonchev–Trinajstić information content (AvgIpc) is 3.21. The molecule has 164 valence electrons. The first-order valence-electron chi connectivity index (χ1n) is 10.7. The van der Waals surface area contributed by atoms with Crippen LogP contribution in [0.2, 0.25) is 0 Å². The first kappa shape index (κ1) is 20.3. The van der Waals surface area contributed by atoms with Gasteiger partial charge in [0.2, 0.25) is 5.88 Å². The highest BCUT2D eigenvalue weighted by Crippen LogP contribution is 2.47. The fourth-order valence-electron chi connectivity index (χ4n) is 4.65. The highest BCUT2D eigenvalue weighted by molar-refractivity contribution is 5.95. The first-order valence-corrected chi connectivity index (χ1v) is 10.7. The highest BCUT2D eigenvalue weighted by atomic mass is 16.5. The molecule has 0 saturated carbocycles. The summed E-state index contributed by atoms with van der Waals surface area (Å²) in [4.78, 5) is 24.0. The van der Waals surface area contributed by atoms with Crippen LogP contribution in [0.1, 0.15) is 27.8 Å². The molecule has 1 aromatic heterocycles. The van der Waals surface area contributed by atoms with Crippen LogP contribution in [-0.4, -0.2) is 47.6 Å². The van der Waals surface area contributed by atoms with E-state index in [4.69, 9.17) is 14.2 Å². The Hall–Kier alpha value is -3.61. The quantitative estimate of drug-likeness (QED) is 0.613. The van der Waals surface area contributed by atoms with E-state index >= 15 is 0 Å². The van der Waals surface area contributed by atoms with Gasteiger partial charge in [-0.05, 0) is 37.3 Å². The number of hydrogen-bond donors (Lipinski definition) is 0. The van der Waals surface area contributed by atoms with Crippen molar-refractivity contribution in [2.75, 3.05) is 26.9 Å². The number of methoxy groups -OCH3 is 1. The third-order valence-electron chi connectivity index (χ3n) is 6.24. The van der Waals surface area contributed by atoms with Crippen LogP contribution in [-0.2, 0) is 0 Å². The largest absolute Gasteiger partial charge is 0.497 e. The van der Waals surface area contributed by atoms with Crippen molar-refractivity contribution in [2.45, 2.75) is 13.0 Å². The summed E-state index contributed by atoms with van der Waals surface area (Å²) in [6.45, 7) is 3.42. The lowest BCUT2D eigenvalue weighted by molar-refractivity contribution is 0.0674. The van der Waals surface area contributed by atoms with Gasteiger partial charge in [-0.1, -0.05) is 18.2 Å². The van der Waals surface area contributed by atoms with Crippen molar-refractivity contribution >= 4 is 5.91 Å². The van der Waals surface area contributed by atoms with Gasteiger partial charge >= 0.3 is 0 Å². The number of para-hydroxylation sites is 1. The van der Waals surface area contributed by atoms with Gasteiger partial charge in [0.15, 0.2) is 0 Å². The van der Waals surface area contributed by atoms with E-state index < -0.39 is 0 Å². The maximum atomic E-state index is 13.6. The molecule has 2 aliphatic rings. The number of nitrogens with zero attached hydrogens (tertiary/aromatic N) is 3. The van der Waals surface area contributed by atoms with Crippen LogP contribution < -0.4 is 14.2 Å². The predicted molar refractivity (Wildman–Crippen MR) is 118 cm³/mol. The van der Waals surface area contributed by atoms with E-state index in [1.807, 2.05) is 54.3 Å². The number of aryl methyl sites for hydroxylation is 1. The van der Waals surface area contributed by atoms with Crippen LogP contribution in [0.25, 0.3) is 0 Å². The minimum absolute atomic E-state index is 0.000244. The summed E-state index contributed by atoms with van der Waals surface area (Å²) in [7, 11) is 1.62. The smallest absolute Gasteiger partial charge is 0.254 e. The normalized spacial score (nSPS) is 21.3. The number of hydrogen-bond acceptors (Lipinski definition) is 6. The number of ether oxygens (including phenoxy) is 3. The molecule has 0 bridgehead atoms. The Kier molecular flexibility index (Phi) is 5.39. The summed E-state index contributed by atoms with van der Waals surface area (Å²) >= 11 is 0. The van der Waals surface area contributed by atoms with Crippen molar-refractivity contribution in [3.8, 4) is 17.4 Å². The minimum atomic E-state index is -0.0599. The zero-order chi connectivity index (χ0) is 22.1. The van der Waals surface area contributed by atoms with Gasteiger partial charge in [-0.15, -0.1) is 0 Å². The van der Waals surface area contributed by atoms with Crippen molar-refractivity contribution in [3.63, 3.8) is 0 Å². The van der Waals surface area contributed by atoms with Crippen LogP contribution in [0.15, 0.2) is 60.8 Å². The van der Waals surface area contributed by atoms with E-state index in [0.717, 1.165) is 17.1 Å². The third-order valence-corrected chi connectivity index (χ3v) is 6.24. The summed E-state index contributed by atoms with van der Waals surface area (Å²) in [5.41, 5.74) is 1.69. The molecule has 1 saturated heterocycles.